The van der Waals surface area contributed by atoms with Gasteiger partial charge in [-0.1, -0.05) is 115 Å². The van der Waals surface area contributed by atoms with Gasteiger partial charge < -0.3 is 13.9 Å². The molecule has 0 aliphatic heterocycles. The number of allylic oxidation sites excluding steroid dienone is 8. The van der Waals surface area contributed by atoms with E-state index in [-0.39, 0.29) is 0 Å². The summed E-state index contributed by atoms with van der Waals surface area (Å²) in [6.45, 7) is 0. The molecule has 0 saturated heterocycles. The lowest BCUT2D eigenvalue weighted by atomic mass is 9.90. The summed E-state index contributed by atoms with van der Waals surface area (Å²) in [5, 5.41) is 7.80. The highest BCUT2D eigenvalue weighted by atomic mass is 15.1. The molecule has 0 atom stereocenters. The molecular weight excluding hydrogens is 691 g/mol. The molecule has 0 N–H and O–H groups in total. The summed E-state index contributed by atoms with van der Waals surface area (Å²) in [5.74, 6) is 0. The van der Waals surface area contributed by atoms with E-state index in [1.807, 2.05) is 0 Å². The molecule has 0 bridgehead atoms. The minimum atomic E-state index is 0.981. The summed E-state index contributed by atoms with van der Waals surface area (Å²) in [6.07, 6.45) is 15.8. The van der Waals surface area contributed by atoms with Crippen LogP contribution in [0.25, 0.3) is 76.7 Å². The van der Waals surface area contributed by atoms with Crippen LogP contribution in [-0.4, -0.2) is 8.97 Å². The number of aromatic nitrogens is 2. The topological polar surface area (TPSA) is 12.6 Å². The SMILES string of the molecule is C1=CCCC(C2=CC=C(N(c3ccc(-c4ccc5c(c4)c4cccc6c7ccccc7n5c64)cc3)c3ccc(-n4c5ccccc5c5ccccc54)cc3)CC2)=C1. The molecule has 10 aromatic rings. The molecule has 0 saturated carbocycles. The van der Waals surface area contributed by atoms with Crippen LogP contribution >= 0.6 is 0 Å². The number of nitrogens with zero attached hydrogens (tertiary/aromatic N) is 3. The summed E-state index contributed by atoms with van der Waals surface area (Å²) in [7, 11) is 0. The van der Waals surface area contributed by atoms with Crippen LogP contribution in [-0.2, 0) is 0 Å². The number of para-hydroxylation sites is 4. The molecule has 3 nitrogen and oxygen atoms in total. The van der Waals surface area contributed by atoms with E-state index < -0.39 is 0 Å². The standard InChI is InChI=1S/C54H39N3/c1-2-11-36(12-3-1)37-21-26-40(27-22-37)55(42-30-32-43(33-31-42)56-50-18-7-4-13-44(50)45-14-5-8-19-51(45)56)41-28-23-38(24-29-41)39-25-34-53-49(35-39)48-17-10-16-47-46-15-6-9-20-52(46)57(53)54(47)48/h1-2,4-11,13-21,23-26,28-35H,3,12,22,27H2. The Morgan fingerprint density at radius 3 is 1.67 bits per heavy atom. The van der Waals surface area contributed by atoms with Crippen molar-refractivity contribution in [3.05, 3.63) is 205 Å². The first-order valence-electron chi connectivity index (χ1n) is 20.2. The molecule has 3 aromatic heterocycles. The first kappa shape index (κ1) is 32.2. The van der Waals surface area contributed by atoms with Gasteiger partial charge in [-0.3, -0.25) is 0 Å². The first-order chi connectivity index (χ1) is 28.3. The van der Waals surface area contributed by atoms with Crippen molar-refractivity contribution in [1.82, 2.24) is 8.97 Å². The van der Waals surface area contributed by atoms with Crippen molar-refractivity contribution in [2.75, 3.05) is 4.90 Å². The Kier molecular flexibility index (Phi) is 7.18. The van der Waals surface area contributed by atoms with Crippen molar-refractivity contribution in [2.45, 2.75) is 25.7 Å². The van der Waals surface area contributed by atoms with Crippen molar-refractivity contribution in [2.24, 2.45) is 0 Å². The molecule has 57 heavy (non-hydrogen) atoms. The Morgan fingerprint density at radius 1 is 0.421 bits per heavy atom. The lowest BCUT2D eigenvalue weighted by molar-refractivity contribution is 0.850. The number of rotatable bonds is 6. The summed E-state index contributed by atoms with van der Waals surface area (Å²) in [6, 6.07) is 58.3. The van der Waals surface area contributed by atoms with Crippen molar-refractivity contribution in [3.8, 4) is 16.8 Å². The van der Waals surface area contributed by atoms with Gasteiger partial charge in [0.15, 0.2) is 0 Å². The van der Waals surface area contributed by atoms with Gasteiger partial charge in [0.2, 0.25) is 0 Å². The van der Waals surface area contributed by atoms with Gasteiger partial charge in [-0.25, -0.2) is 0 Å². The molecule has 2 aliphatic rings. The molecule has 3 heteroatoms. The number of benzene rings is 7. The van der Waals surface area contributed by atoms with E-state index in [9.17, 15) is 0 Å². The van der Waals surface area contributed by atoms with Gasteiger partial charge >= 0.3 is 0 Å². The number of anilines is 2. The Bertz CT molecular complexity index is 3270. The second-order valence-corrected chi connectivity index (χ2v) is 15.6. The van der Waals surface area contributed by atoms with E-state index in [1.165, 1.54) is 93.6 Å². The van der Waals surface area contributed by atoms with Gasteiger partial charge in [0.25, 0.3) is 0 Å². The van der Waals surface area contributed by atoms with Crippen LogP contribution in [0, 0.1) is 0 Å². The molecule has 0 fully saturated rings. The highest BCUT2D eigenvalue weighted by molar-refractivity contribution is 6.23. The van der Waals surface area contributed by atoms with E-state index in [2.05, 4.69) is 202 Å². The molecule has 3 heterocycles. The maximum Gasteiger partial charge on any atom is 0.0620 e. The minimum Gasteiger partial charge on any atom is -0.314 e. The van der Waals surface area contributed by atoms with E-state index in [1.54, 1.807) is 0 Å². The van der Waals surface area contributed by atoms with E-state index in [4.69, 9.17) is 0 Å². The second-order valence-electron chi connectivity index (χ2n) is 15.6. The largest absolute Gasteiger partial charge is 0.314 e. The third kappa shape index (κ3) is 4.98. The highest BCUT2D eigenvalue weighted by Gasteiger charge is 2.21. The number of hydrogen-bond donors (Lipinski definition) is 0. The molecule has 2 aliphatic carbocycles. The number of fused-ring (bicyclic) bond motifs is 9. The molecule has 270 valence electrons. The zero-order valence-corrected chi connectivity index (χ0v) is 31.6. The normalized spacial score (nSPS) is 14.6. The molecule has 7 aromatic carbocycles. The molecule has 0 amide bonds. The Hall–Kier alpha value is -7.10. The van der Waals surface area contributed by atoms with Gasteiger partial charge in [-0.15, -0.1) is 0 Å². The van der Waals surface area contributed by atoms with Crippen molar-refractivity contribution >= 4 is 71.3 Å². The summed E-state index contributed by atoms with van der Waals surface area (Å²) in [4.78, 5) is 2.46. The zero-order valence-electron chi connectivity index (χ0n) is 31.6. The third-order valence-electron chi connectivity index (χ3n) is 12.5. The van der Waals surface area contributed by atoms with Crippen molar-refractivity contribution in [1.29, 1.82) is 0 Å². The maximum atomic E-state index is 2.46. The number of hydrogen-bond acceptors (Lipinski definition) is 1. The quantitative estimate of drug-likeness (QED) is 0.166. The van der Waals surface area contributed by atoms with E-state index in [0.717, 1.165) is 37.1 Å². The van der Waals surface area contributed by atoms with Gasteiger partial charge in [-0.2, -0.15) is 0 Å². The fourth-order valence-corrected chi connectivity index (χ4v) is 9.80. The van der Waals surface area contributed by atoms with Gasteiger partial charge in [0.05, 0.1) is 27.6 Å². The molecule has 0 unspecified atom stereocenters. The van der Waals surface area contributed by atoms with Crippen molar-refractivity contribution < 1.29 is 0 Å². The summed E-state index contributed by atoms with van der Waals surface area (Å²) < 4.78 is 4.84. The van der Waals surface area contributed by atoms with Gasteiger partial charge in [0, 0.05) is 55.1 Å². The maximum absolute atomic E-state index is 2.46. The fourth-order valence-electron chi connectivity index (χ4n) is 9.80. The third-order valence-corrected chi connectivity index (χ3v) is 12.5. The van der Waals surface area contributed by atoms with Crippen LogP contribution in [0.1, 0.15) is 25.7 Å². The smallest absolute Gasteiger partial charge is 0.0620 e. The van der Waals surface area contributed by atoms with Crippen LogP contribution in [0.5, 0.6) is 0 Å². The van der Waals surface area contributed by atoms with E-state index in [0.29, 0.717) is 0 Å². The molecule has 0 radical (unpaired) electrons. The highest BCUT2D eigenvalue weighted by Crippen LogP contribution is 2.42. The predicted octanol–water partition coefficient (Wildman–Crippen LogP) is 14.6. The Labute approximate surface area is 331 Å². The van der Waals surface area contributed by atoms with Crippen LogP contribution < -0.4 is 4.90 Å². The summed E-state index contributed by atoms with van der Waals surface area (Å²) in [5.41, 5.74) is 16.5. The molecule has 0 spiro atoms. The first-order valence-corrected chi connectivity index (χ1v) is 20.2. The Balaban J connectivity index is 0.944. The summed E-state index contributed by atoms with van der Waals surface area (Å²) >= 11 is 0. The Morgan fingerprint density at radius 2 is 1.00 bits per heavy atom. The minimum absolute atomic E-state index is 0.981. The predicted molar refractivity (Wildman–Crippen MR) is 241 cm³/mol. The van der Waals surface area contributed by atoms with Crippen LogP contribution in [0.2, 0.25) is 0 Å². The van der Waals surface area contributed by atoms with Crippen LogP contribution in [0.4, 0.5) is 11.4 Å². The fraction of sp³-hybridized carbons (Fsp3) is 0.0741. The van der Waals surface area contributed by atoms with Crippen LogP contribution in [0.3, 0.4) is 0 Å². The average molecular weight is 730 g/mol. The molecule has 12 rings (SSSR count). The average Bonchev–Trinajstić information content (AvgIpc) is 3.93. The lowest BCUT2D eigenvalue weighted by Gasteiger charge is -2.30. The second kappa shape index (κ2) is 12.7. The molecular formula is C54H39N3. The van der Waals surface area contributed by atoms with E-state index >= 15 is 0 Å². The van der Waals surface area contributed by atoms with Crippen molar-refractivity contribution in [3.63, 3.8) is 0 Å². The lowest BCUT2D eigenvalue weighted by Crippen LogP contribution is -2.18. The van der Waals surface area contributed by atoms with Gasteiger partial charge in [-0.05, 0) is 121 Å². The zero-order chi connectivity index (χ0) is 37.5. The van der Waals surface area contributed by atoms with Gasteiger partial charge in [0.1, 0.15) is 0 Å². The van der Waals surface area contributed by atoms with Crippen LogP contribution in [0.15, 0.2) is 205 Å². The monoisotopic (exact) mass is 729 g/mol.